The van der Waals surface area contributed by atoms with E-state index in [0.717, 1.165) is 62.0 Å². The summed E-state index contributed by atoms with van der Waals surface area (Å²) in [6.07, 6.45) is 5.84. The van der Waals surface area contributed by atoms with Crippen molar-refractivity contribution < 1.29 is 28.2 Å². The van der Waals surface area contributed by atoms with Gasteiger partial charge in [-0.3, -0.25) is 24.3 Å². The van der Waals surface area contributed by atoms with Gasteiger partial charge in [0, 0.05) is 79.6 Å². The quantitative estimate of drug-likeness (QED) is 0.0615. The third-order valence-electron chi connectivity index (χ3n) is 12.8. The highest BCUT2D eigenvalue weighted by atomic mass is 35.5. The van der Waals surface area contributed by atoms with Crippen LogP contribution in [-0.4, -0.2) is 96.8 Å². The van der Waals surface area contributed by atoms with Gasteiger partial charge in [0.05, 0.1) is 54.6 Å². The molecule has 0 saturated carbocycles. The summed E-state index contributed by atoms with van der Waals surface area (Å²) in [5, 5.41) is 5.18. The standard InChI is InChI=1S/C51H65ClN6O6Si/c1-34-41(30-45(55(34)8)43-28-36(52)17-22-40(43)49(60)63-50(2,3)4)48(59)58(38-18-20-39(21-19-38)64-65(10,11)51(5,6)7)46-32-54-56(9)44(46)15-13-25-62-47-16-12-14-35-31-53-37(29-42(35)47)33-57-23-26-61-27-24-57/h12,14,16-22,28,30-32,37H,13,15,23-27,29,33H2,1-11H3. The van der Waals surface area contributed by atoms with Gasteiger partial charge in [0.25, 0.3) is 5.91 Å². The molecular weight excluding hydrogens is 856 g/mol. The summed E-state index contributed by atoms with van der Waals surface area (Å²) >= 11 is 6.56. The number of nitrogens with zero attached hydrogens (tertiary/aromatic N) is 6. The van der Waals surface area contributed by atoms with Gasteiger partial charge in [-0.1, -0.05) is 44.5 Å². The van der Waals surface area contributed by atoms with Crippen LogP contribution < -0.4 is 14.1 Å². The van der Waals surface area contributed by atoms with Crippen molar-refractivity contribution in [2.24, 2.45) is 19.1 Å². The number of hydrogen-bond acceptors (Lipinski definition) is 9. The maximum atomic E-state index is 15.3. The van der Waals surface area contributed by atoms with Crippen LogP contribution in [0.2, 0.25) is 23.2 Å². The number of halogens is 1. The number of benzene rings is 3. The Balaban J connectivity index is 1.18. The molecule has 346 valence electrons. The van der Waals surface area contributed by atoms with Crippen molar-refractivity contribution in [3.8, 4) is 22.8 Å². The second kappa shape index (κ2) is 19.3. The van der Waals surface area contributed by atoms with E-state index in [0.29, 0.717) is 63.9 Å². The van der Waals surface area contributed by atoms with Gasteiger partial charge in [-0.15, -0.1) is 0 Å². The molecule has 2 aliphatic heterocycles. The number of carbonyl (C=O) groups is 2. The van der Waals surface area contributed by atoms with Gasteiger partial charge >= 0.3 is 5.97 Å². The van der Waals surface area contributed by atoms with Crippen LogP contribution in [0, 0.1) is 6.92 Å². The predicted molar refractivity (Wildman–Crippen MR) is 262 cm³/mol. The number of carbonyl (C=O) groups excluding carboxylic acids is 2. The van der Waals surface area contributed by atoms with E-state index in [9.17, 15) is 4.79 Å². The van der Waals surface area contributed by atoms with Crippen molar-refractivity contribution in [2.75, 3.05) is 44.4 Å². The smallest absolute Gasteiger partial charge is 0.339 e. The SMILES string of the molecule is Cc1c(C(=O)N(c2ccc(O[Si](C)(C)C(C)(C)C)cc2)c2cnn(C)c2CCCOc2cccc3c2CC(CN2CCOCC2)N=C3)cc(-c2cc(Cl)ccc2C(=O)OC(C)(C)C)n1C. The Morgan fingerprint density at radius 2 is 1.68 bits per heavy atom. The molecular formula is C51H65ClN6O6Si. The van der Waals surface area contributed by atoms with Crippen LogP contribution in [0.4, 0.5) is 11.4 Å². The van der Waals surface area contributed by atoms with Crippen molar-refractivity contribution >= 4 is 49.4 Å². The van der Waals surface area contributed by atoms with Crippen LogP contribution >= 0.6 is 11.6 Å². The van der Waals surface area contributed by atoms with Crippen molar-refractivity contribution in [3.05, 3.63) is 112 Å². The van der Waals surface area contributed by atoms with Crippen LogP contribution in [0.25, 0.3) is 11.3 Å². The molecule has 14 heteroatoms. The van der Waals surface area contributed by atoms with Gasteiger partial charge in [-0.25, -0.2) is 4.79 Å². The summed E-state index contributed by atoms with van der Waals surface area (Å²) < 4.78 is 28.3. The van der Waals surface area contributed by atoms with Gasteiger partial charge in [-0.2, -0.15) is 5.10 Å². The molecule has 1 unspecified atom stereocenters. The lowest BCUT2D eigenvalue weighted by atomic mass is 9.96. The Morgan fingerprint density at radius 1 is 0.954 bits per heavy atom. The van der Waals surface area contributed by atoms with E-state index in [1.54, 1.807) is 29.3 Å². The predicted octanol–water partition coefficient (Wildman–Crippen LogP) is 10.4. The van der Waals surface area contributed by atoms with E-state index in [4.69, 9.17) is 40.3 Å². The number of rotatable bonds is 14. The van der Waals surface area contributed by atoms with Gasteiger partial charge < -0.3 is 23.2 Å². The molecule has 4 heterocycles. The van der Waals surface area contributed by atoms with Crippen LogP contribution in [0.15, 0.2) is 77.9 Å². The van der Waals surface area contributed by atoms with Crippen LogP contribution in [-0.2, 0) is 36.4 Å². The number of esters is 1. The summed E-state index contributed by atoms with van der Waals surface area (Å²) in [5.74, 6) is 0.910. The summed E-state index contributed by atoms with van der Waals surface area (Å²) in [7, 11) is 1.65. The Hall–Kier alpha value is -5.21. The van der Waals surface area contributed by atoms with Crippen LogP contribution in [0.1, 0.15) is 91.2 Å². The van der Waals surface area contributed by atoms with E-state index >= 15 is 4.79 Å². The molecule has 1 saturated heterocycles. The molecule has 0 N–H and O–H groups in total. The van der Waals surface area contributed by atoms with E-state index < -0.39 is 19.9 Å². The lowest BCUT2D eigenvalue weighted by Gasteiger charge is -2.36. The molecule has 2 aliphatic rings. The first-order chi connectivity index (χ1) is 30.7. The van der Waals surface area contributed by atoms with Crippen molar-refractivity contribution in [2.45, 2.75) is 97.5 Å². The highest BCUT2D eigenvalue weighted by molar-refractivity contribution is 6.74. The Bertz CT molecular complexity index is 2540. The molecule has 1 atom stereocenters. The lowest BCUT2D eigenvalue weighted by molar-refractivity contribution is 0.00702. The summed E-state index contributed by atoms with van der Waals surface area (Å²) in [4.78, 5) is 37.9. The number of fused-ring (bicyclic) bond motifs is 1. The fraction of sp³-hybridized carbons (Fsp3) is 0.451. The fourth-order valence-corrected chi connectivity index (χ4v) is 9.29. The molecule has 1 fully saturated rings. The minimum Gasteiger partial charge on any atom is -0.544 e. The summed E-state index contributed by atoms with van der Waals surface area (Å²) in [6, 6.07) is 21.0. The van der Waals surface area contributed by atoms with Crippen molar-refractivity contribution in [1.29, 1.82) is 0 Å². The molecule has 5 aromatic rings. The molecule has 0 bridgehead atoms. The van der Waals surface area contributed by atoms with E-state index in [1.807, 2.05) is 93.7 Å². The maximum Gasteiger partial charge on any atom is 0.339 e. The number of morpholine rings is 1. The largest absolute Gasteiger partial charge is 0.544 e. The molecule has 3 aromatic carbocycles. The number of hydrogen-bond donors (Lipinski definition) is 0. The highest BCUT2D eigenvalue weighted by Gasteiger charge is 2.39. The third kappa shape index (κ3) is 10.9. The zero-order valence-electron chi connectivity index (χ0n) is 40.0. The van der Waals surface area contributed by atoms with Gasteiger partial charge in [0.1, 0.15) is 17.1 Å². The molecule has 0 spiro atoms. The van der Waals surface area contributed by atoms with Gasteiger partial charge in [0.15, 0.2) is 0 Å². The first-order valence-electron chi connectivity index (χ1n) is 22.6. The minimum absolute atomic E-state index is 0.0104. The Labute approximate surface area is 390 Å². The third-order valence-corrected chi connectivity index (χ3v) is 17.4. The average molecular weight is 922 g/mol. The fourth-order valence-electron chi connectivity index (χ4n) is 8.09. The average Bonchev–Trinajstić information content (AvgIpc) is 3.75. The normalized spacial score (nSPS) is 15.7. The molecule has 0 radical (unpaired) electrons. The van der Waals surface area contributed by atoms with Crippen molar-refractivity contribution in [1.82, 2.24) is 19.2 Å². The molecule has 65 heavy (non-hydrogen) atoms. The zero-order valence-corrected chi connectivity index (χ0v) is 41.7. The highest BCUT2D eigenvalue weighted by Crippen LogP contribution is 2.40. The maximum absolute atomic E-state index is 15.3. The second-order valence-corrected chi connectivity index (χ2v) is 24.9. The molecule has 7 rings (SSSR count). The van der Waals surface area contributed by atoms with E-state index in [2.05, 4.69) is 50.9 Å². The number of amides is 1. The first-order valence-corrected chi connectivity index (χ1v) is 25.9. The molecule has 1 amide bonds. The first kappa shape index (κ1) is 47.7. The zero-order chi connectivity index (χ0) is 46.8. The molecule has 12 nitrogen and oxygen atoms in total. The van der Waals surface area contributed by atoms with Crippen LogP contribution in [0.3, 0.4) is 0 Å². The lowest BCUT2D eigenvalue weighted by Crippen LogP contribution is -2.43. The van der Waals surface area contributed by atoms with Gasteiger partial charge in [0.2, 0.25) is 8.32 Å². The number of aromatic nitrogens is 3. The molecule has 2 aromatic heterocycles. The number of anilines is 2. The Kier molecular flexibility index (Phi) is 14.2. The van der Waals surface area contributed by atoms with Crippen LogP contribution in [0.5, 0.6) is 11.5 Å². The summed E-state index contributed by atoms with van der Waals surface area (Å²) in [5.41, 5.74) is 6.53. The number of aliphatic imine (C=N–C) groups is 1. The van der Waals surface area contributed by atoms with Gasteiger partial charge in [-0.05, 0) is 119 Å². The summed E-state index contributed by atoms with van der Waals surface area (Å²) in [6.45, 7) is 23.2. The van der Waals surface area contributed by atoms with E-state index in [-0.39, 0.29) is 17.0 Å². The topological polar surface area (TPSA) is 113 Å². The minimum atomic E-state index is -2.14. The monoisotopic (exact) mass is 920 g/mol. The number of aryl methyl sites for hydroxylation is 1. The van der Waals surface area contributed by atoms with Crippen molar-refractivity contribution in [3.63, 3.8) is 0 Å². The molecule has 0 aliphatic carbocycles. The van der Waals surface area contributed by atoms with E-state index in [1.165, 1.54) is 5.56 Å². The number of ether oxygens (including phenoxy) is 3. The second-order valence-electron chi connectivity index (χ2n) is 19.7. The Morgan fingerprint density at radius 3 is 2.37 bits per heavy atom.